The molecule has 5 rings (SSSR count). The number of amides is 2. The Balaban J connectivity index is 1.38. The highest BCUT2D eigenvalue weighted by molar-refractivity contribution is 7.20. The van der Waals surface area contributed by atoms with E-state index in [0.29, 0.717) is 35.8 Å². The molecule has 0 spiro atoms. The van der Waals surface area contributed by atoms with Crippen molar-refractivity contribution >= 4 is 44.7 Å². The number of thiophene rings is 1. The second kappa shape index (κ2) is 8.71. The first-order valence-corrected chi connectivity index (χ1v) is 11.7. The summed E-state index contributed by atoms with van der Waals surface area (Å²) in [5, 5.41) is 8.60. The molecule has 8 heteroatoms. The number of nitrogens with one attached hydrogen (secondary N) is 1. The first-order chi connectivity index (χ1) is 16.0. The summed E-state index contributed by atoms with van der Waals surface area (Å²) in [6.07, 6.45) is 1.39. The molecule has 33 heavy (non-hydrogen) atoms. The molecule has 1 aliphatic heterocycles. The number of fused-ring (bicyclic) bond motifs is 1. The van der Waals surface area contributed by atoms with Gasteiger partial charge in [-0.2, -0.15) is 5.10 Å². The first kappa shape index (κ1) is 21.2. The van der Waals surface area contributed by atoms with Crippen LogP contribution in [0.3, 0.4) is 0 Å². The number of aromatic nitrogens is 2. The third-order valence-corrected chi connectivity index (χ3v) is 6.96. The largest absolute Gasteiger partial charge is 0.494 e. The zero-order valence-corrected chi connectivity index (χ0v) is 19.3. The second-order valence-electron chi connectivity index (χ2n) is 8.05. The summed E-state index contributed by atoms with van der Waals surface area (Å²) in [7, 11) is 1.57. The van der Waals surface area contributed by atoms with Crippen molar-refractivity contribution in [3.8, 4) is 5.75 Å². The number of aryl methyl sites for hydroxylation is 1. The van der Waals surface area contributed by atoms with Crippen LogP contribution in [0.25, 0.3) is 10.2 Å². The van der Waals surface area contributed by atoms with Crippen LogP contribution in [0, 0.1) is 6.92 Å². The first-order valence-electron chi connectivity index (χ1n) is 10.8. The van der Waals surface area contributed by atoms with Gasteiger partial charge in [-0.05, 0) is 37.1 Å². The predicted octanol–water partition coefficient (Wildman–Crippen LogP) is 4.84. The van der Waals surface area contributed by atoms with Gasteiger partial charge in [-0.3, -0.25) is 14.3 Å². The summed E-state index contributed by atoms with van der Waals surface area (Å²) < 4.78 is 7.45. The van der Waals surface area contributed by atoms with E-state index in [0.717, 1.165) is 33.6 Å². The summed E-state index contributed by atoms with van der Waals surface area (Å²) in [5.41, 5.74) is 3.41. The Morgan fingerprint density at radius 2 is 2.00 bits per heavy atom. The summed E-state index contributed by atoms with van der Waals surface area (Å²) in [4.78, 5) is 28.5. The minimum atomic E-state index is -0.186. The molecule has 2 amide bonds. The molecular weight excluding hydrogens is 436 g/mol. The normalized spacial score (nSPS) is 13.6. The van der Waals surface area contributed by atoms with E-state index in [4.69, 9.17) is 4.74 Å². The lowest BCUT2D eigenvalue weighted by molar-refractivity contribution is -0.117. The summed E-state index contributed by atoms with van der Waals surface area (Å²) in [5.74, 6) is 0.470. The van der Waals surface area contributed by atoms with Crippen molar-refractivity contribution < 1.29 is 14.3 Å². The number of hydrogen-bond acceptors (Lipinski definition) is 5. The molecule has 7 nitrogen and oxygen atoms in total. The third kappa shape index (κ3) is 4.09. The monoisotopic (exact) mass is 460 g/mol. The Bertz CT molecular complexity index is 1340. The molecule has 1 fully saturated rings. The Labute approximate surface area is 195 Å². The molecule has 3 heterocycles. The van der Waals surface area contributed by atoms with Crippen molar-refractivity contribution in [1.29, 1.82) is 0 Å². The fraction of sp³-hybridized carbons (Fsp3) is 0.240. The van der Waals surface area contributed by atoms with Crippen molar-refractivity contribution in [3.63, 3.8) is 0 Å². The van der Waals surface area contributed by atoms with Crippen molar-refractivity contribution in [2.45, 2.75) is 26.3 Å². The maximum Gasteiger partial charge on any atom is 0.265 e. The standard InChI is InChI=1S/C25H24N4O3S/c1-16-19-14-22(33-25(19)29(27-16)15-17-7-4-3-5-8-17)24(31)26-18-10-11-20(21(13-18)32-2)28-12-6-9-23(28)30/h3-5,7-8,10-11,13-14H,6,9,12,15H2,1-2H3,(H,26,31). The lowest BCUT2D eigenvalue weighted by atomic mass is 10.2. The van der Waals surface area contributed by atoms with E-state index in [1.807, 2.05) is 41.9 Å². The third-order valence-electron chi connectivity index (χ3n) is 5.81. The SMILES string of the molecule is COc1cc(NC(=O)c2cc3c(C)nn(Cc4ccccc4)c3s2)ccc1N1CCCC1=O. The molecule has 0 unspecified atom stereocenters. The van der Waals surface area contributed by atoms with Gasteiger partial charge in [-0.25, -0.2) is 0 Å². The number of anilines is 2. The highest BCUT2D eigenvalue weighted by Crippen LogP contribution is 2.35. The lowest BCUT2D eigenvalue weighted by Gasteiger charge is -2.19. The van der Waals surface area contributed by atoms with Gasteiger partial charge >= 0.3 is 0 Å². The predicted molar refractivity (Wildman–Crippen MR) is 130 cm³/mol. The van der Waals surface area contributed by atoms with Crippen molar-refractivity contribution in [3.05, 3.63) is 70.7 Å². The van der Waals surface area contributed by atoms with Crippen LogP contribution in [0.5, 0.6) is 5.75 Å². The number of ether oxygens (including phenoxy) is 1. The molecule has 168 valence electrons. The smallest absolute Gasteiger partial charge is 0.265 e. The van der Waals surface area contributed by atoms with Crippen LogP contribution in [-0.4, -0.2) is 35.2 Å². The van der Waals surface area contributed by atoms with Crippen molar-refractivity contribution in [1.82, 2.24) is 9.78 Å². The number of methoxy groups -OCH3 is 1. The highest BCUT2D eigenvalue weighted by atomic mass is 32.1. The maximum atomic E-state index is 13.0. The summed E-state index contributed by atoms with van der Waals surface area (Å²) in [6, 6.07) is 17.4. The summed E-state index contributed by atoms with van der Waals surface area (Å²) >= 11 is 1.43. The van der Waals surface area contributed by atoms with E-state index in [2.05, 4.69) is 22.5 Å². The topological polar surface area (TPSA) is 76.5 Å². The van der Waals surface area contributed by atoms with Gasteiger partial charge in [-0.1, -0.05) is 30.3 Å². The molecule has 0 saturated carbocycles. The number of benzene rings is 2. The van der Waals surface area contributed by atoms with Crippen molar-refractivity contribution in [2.75, 3.05) is 23.9 Å². The van der Waals surface area contributed by atoms with E-state index in [-0.39, 0.29) is 11.8 Å². The van der Waals surface area contributed by atoms with Gasteiger partial charge in [0.1, 0.15) is 10.6 Å². The number of rotatable bonds is 6. The molecule has 0 bridgehead atoms. The number of nitrogens with zero attached hydrogens (tertiary/aromatic N) is 3. The van der Waals surface area contributed by atoms with E-state index in [1.165, 1.54) is 11.3 Å². The van der Waals surface area contributed by atoms with Gasteiger partial charge < -0.3 is 15.0 Å². The number of carbonyl (C=O) groups excluding carboxylic acids is 2. The lowest BCUT2D eigenvalue weighted by Crippen LogP contribution is -2.24. The minimum absolute atomic E-state index is 0.0928. The summed E-state index contributed by atoms with van der Waals surface area (Å²) in [6.45, 7) is 3.30. The molecule has 1 N–H and O–H groups in total. The van der Waals surface area contributed by atoms with Crippen LogP contribution >= 0.6 is 11.3 Å². The Morgan fingerprint density at radius 3 is 2.73 bits per heavy atom. The van der Waals surface area contributed by atoms with Crippen LogP contribution in [0.1, 0.15) is 33.8 Å². The zero-order chi connectivity index (χ0) is 22.9. The van der Waals surface area contributed by atoms with Crippen LogP contribution in [0.2, 0.25) is 0 Å². The van der Waals surface area contributed by atoms with Gasteiger partial charge in [0.2, 0.25) is 5.91 Å². The quantitative estimate of drug-likeness (QED) is 0.447. The molecule has 1 saturated heterocycles. The van der Waals surface area contributed by atoms with Crippen LogP contribution in [-0.2, 0) is 11.3 Å². The van der Waals surface area contributed by atoms with Gasteiger partial charge in [0.05, 0.1) is 29.9 Å². The van der Waals surface area contributed by atoms with Crippen molar-refractivity contribution in [2.24, 2.45) is 0 Å². The highest BCUT2D eigenvalue weighted by Gasteiger charge is 2.25. The number of carbonyl (C=O) groups is 2. The Hall–Kier alpha value is -3.65. The molecule has 2 aromatic carbocycles. The van der Waals surface area contributed by atoms with Gasteiger partial charge in [0.25, 0.3) is 5.91 Å². The fourth-order valence-corrected chi connectivity index (χ4v) is 5.22. The van der Waals surface area contributed by atoms with E-state index < -0.39 is 0 Å². The Morgan fingerprint density at radius 1 is 1.18 bits per heavy atom. The molecule has 4 aromatic rings. The van der Waals surface area contributed by atoms with E-state index >= 15 is 0 Å². The van der Waals surface area contributed by atoms with Crippen LogP contribution < -0.4 is 15.0 Å². The molecule has 0 atom stereocenters. The van der Waals surface area contributed by atoms with Gasteiger partial charge in [0, 0.05) is 30.1 Å². The molecular formula is C25H24N4O3S. The van der Waals surface area contributed by atoms with Crippen LogP contribution in [0.4, 0.5) is 11.4 Å². The van der Waals surface area contributed by atoms with Gasteiger partial charge in [0.15, 0.2) is 0 Å². The maximum absolute atomic E-state index is 13.0. The van der Waals surface area contributed by atoms with E-state index in [9.17, 15) is 9.59 Å². The molecule has 0 aliphatic carbocycles. The number of hydrogen-bond donors (Lipinski definition) is 1. The molecule has 1 aliphatic rings. The van der Waals surface area contributed by atoms with Gasteiger partial charge in [-0.15, -0.1) is 11.3 Å². The zero-order valence-electron chi connectivity index (χ0n) is 18.5. The molecule has 2 aromatic heterocycles. The average Bonchev–Trinajstić information content (AvgIpc) is 3.52. The van der Waals surface area contributed by atoms with Crippen LogP contribution in [0.15, 0.2) is 54.6 Å². The average molecular weight is 461 g/mol. The minimum Gasteiger partial charge on any atom is -0.494 e. The Kier molecular flexibility index (Phi) is 5.60. The molecule has 0 radical (unpaired) electrons. The second-order valence-corrected chi connectivity index (χ2v) is 9.08. The van der Waals surface area contributed by atoms with E-state index in [1.54, 1.807) is 24.1 Å². The fourth-order valence-electron chi connectivity index (χ4n) is 4.16.